The van der Waals surface area contributed by atoms with Crippen molar-refractivity contribution in [2.24, 2.45) is 0 Å². The number of aryl methyl sites for hydroxylation is 1. The number of nitrogens with zero attached hydrogens (tertiary/aromatic N) is 2. The van der Waals surface area contributed by atoms with E-state index in [-0.39, 0.29) is 0 Å². The summed E-state index contributed by atoms with van der Waals surface area (Å²) < 4.78 is 2.20. The van der Waals surface area contributed by atoms with Crippen molar-refractivity contribution in [3.05, 3.63) is 53.6 Å². The van der Waals surface area contributed by atoms with Gasteiger partial charge in [0.15, 0.2) is 0 Å². The highest BCUT2D eigenvalue weighted by Gasteiger charge is 2.19. The Labute approximate surface area is 114 Å². The van der Waals surface area contributed by atoms with E-state index in [9.17, 15) is 0 Å². The van der Waals surface area contributed by atoms with Gasteiger partial charge in [0.2, 0.25) is 0 Å². The molecule has 1 aromatic carbocycles. The molecule has 0 bridgehead atoms. The molecule has 1 fully saturated rings. The van der Waals surface area contributed by atoms with Gasteiger partial charge in [-0.05, 0) is 43.9 Å². The van der Waals surface area contributed by atoms with Crippen molar-refractivity contribution in [2.45, 2.75) is 38.8 Å². The first kappa shape index (κ1) is 12.4. The second-order valence-electron chi connectivity index (χ2n) is 5.35. The summed E-state index contributed by atoms with van der Waals surface area (Å²) >= 11 is 0. The molecular formula is C16H21N3. The van der Waals surface area contributed by atoms with Crippen LogP contribution in [0.5, 0.6) is 0 Å². The monoisotopic (exact) mass is 255 g/mol. The minimum atomic E-state index is 0.794. The molecule has 0 aliphatic heterocycles. The fourth-order valence-corrected chi connectivity index (χ4v) is 2.41. The van der Waals surface area contributed by atoms with Gasteiger partial charge in [-0.1, -0.05) is 24.3 Å². The highest BCUT2D eigenvalue weighted by atomic mass is 15.0. The van der Waals surface area contributed by atoms with Crippen LogP contribution in [-0.2, 0) is 13.0 Å². The molecule has 0 unspecified atom stereocenters. The van der Waals surface area contributed by atoms with E-state index in [1.54, 1.807) is 0 Å². The third kappa shape index (κ3) is 3.24. The molecule has 1 N–H and O–H groups in total. The Morgan fingerprint density at radius 2 is 2.05 bits per heavy atom. The van der Waals surface area contributed by atoms with Crippen molar-refractivity contribution in [2.75, 3.05) is 6.54 Å². The maximum absolute atomic E-state index is 4.29. The molecule has 0 saturated heterocycles. The third-order valence-electron chi connectivity index (χ3n) is 3.79. The second-order valence-corrected chi connectivity index (χ2v) is 5.35. The van der Waals surface area contributed by atoms with Gasteiger partial charge in [0.05, 0.1) is 0 Å². The van der Waals surface area contributed by atoms with Crippen LogP contribution >= 0.6 is 0 Å². The molecule has 0 amide bonds. The molecule has 3 nitrogen and oxygen atoms in total. The van der Waals surface area contributed by atoms with Crippen LogP contribution in [0.4, 0.5) is 0 Å². The van der Waals surface area contributed by atoms with Gasteiger partial charge >= 0.3 is 0 Å². The molecule has 1 heterocycles. The zero-order chi connectivity index (χ0) is 13.1. The molecule has 100 valence electrons. The van der Waals surface area contributed by atoms with Gasteiger partial charge in [0.25, 0.3) is 0 Å². The number of hydrogen-bond donors (Lipinski definition) is 1. The summed E-state index contributed by atoms with van der Waals surface area (Å²) in [4.78, 5) is 4.29. The number of hydrogen-bond acceptors (Lipinski definition) is 2. The van der Waals surface area contributed by atoms with Crippen molar-refractivity contribution in [1.82, 2.24) is 14.9 Å². The van der Waals surface area contributed by atoms with Crippen molar-refractivity contribution in [3.63, 3.8) is 0 Å². The largest absolute Gasteiger partial charge is 0.331 e. The van der Waals surface area contributed by atoms with Crippen LogP contribution in [-0.4, -0.2) is 22.1 Å². The lowest BCUT2D eigenvalue weighted by atomic mass is 10.0. The molecule has 1 aliphatic carbocycles. The molecule has 1 saturated carbocycles. The molecule has 3 rings (SSSR count). The summed E-state index contributed by atoms with van der Waals surface area (Å²) in [5.41, 5.74) is 2.85. The normalized spacial score (nSPS) is 14.8. The summed E-state index contributed by atoms with van der Waals surface area (Å²) in [6.07, 6.45) is 7.74. The second kappa shape index (κ2) is 5.57. The quantitative estimate of drug-likeness (QED) is 0.859. The highest BCUT2D eigenvalue weighted by molar-refractivity contribution is 5.28. The van der Waals surface area contributed by atoms with Crippen LogP contribution in [0.3, 0.4) is 0 Å². The van der Waals surface area contributed by atoms with Crippen LogP contribution in [0.1, 0.15) is 29.8 Å². The van der Waals surface area contributed by atoms with Crippen LogP contribution in [0, 0.1) is 6.92 Å². The molecule has 19 heavy (non-hydrogen) atoms. The Morgan fingerprint density at radius 1 is 1.26 bits per heavy atom. The average molecular weight is 255 g/mol. The van der Waals surface area contributed by atoms with E-state index in [1.165, 1.54) is 24.0 Å². The van der Waals surface area contributed by atoms with E-state index >= 15 is 0 Å². The molecule has 0 spiro atoms. The smallest absolute Gasteiger partial charge is 0.105 e. The van der Waals surface area contributed by atoms with E-state index in [2.05, 4.69) is 52.3 Å². The van der Waals surface area contributed by atoms with Gasteiger partial charge in [-0.15, -0.1) is 0 Å². The number of aromatic nitrogens is 2. The van der Waals surface area contributed by atoms with Crippen molar-refractivity contribution >= 4 is 0 Å². The van der Waals surface area contributed by atoms with Crippen LogP contribution in [0.15, 0.2) is 36.7 Å². The molecule has 2 aromatic rings. The predicted molar refractivity (Wildman–Crippen MR) is 77.2 cm³/mol. The fourth-order valence-electron chi connectivity index (χ4n) is 2.41. The highest BCUT2D eigenvalue weighted by Crippen LogP contribution is 2.19. The van der Waals surface area contributed by atoms with Gasteiger partial charge in [-0.3, -0.25) is 0 Å². The van der Waals surface area contributed by atoms with Gasteiger partial charge < -0.3 is 9.88 Å². The van der Waals surface area contributed by atoms with Gasteiger partial charge in [0, 0.05) is 25.0 Å². The Balaban J connectivity index is 1.67. The molecule has 0 atom stereocenters. The predicted octanol–water partition coefficient (Wildman–Crippen LogP) is 2.53. The van der Waals surface area contributed by atoms with Crippen LogP contribution in [0.25, 0.3) is 0 Å². The van der Waals surface area contributed by atoms with E-state index < -0.39 is 0 Å². The Hall–Kier alpha value is -1.61. The first-order valence-corrected chi connectivity index (χ1v) is 7.11. The van der Waals surface area contributed by atoms with E-state index in [4.69, 9.17) is 0 Å². The standard InChI is InChI=1S/C16H21N3/c1-13-17-10-11-19(13)12-15-5-3-2-4-14(15)8-9-18-16-6-7-16/h2-5,10-11,16,18H,6-9,12H2,1H3. The number of benzene rings is 1. The first-order chi connectivity index (χ1) is 9.33. The molecule has 1 aromatic heterocycles. The molecular weight excluding hydrogens is 234 g/mol. The summed E-state index contributed by atoms with van der Waals surface area (Å²) in [6, 6.07) is 9.53. The maximum Gasteiger partial charge on any atom is 0.105 e. The van der Waals surface area contributed by atoms with E-state index in [0.29, 0.717) is 0 Å². The summed E-state index contributed by atoms with van der Waals surface area (Å²) in [5, 5.41) is 3.58. The topological polar surface area (TPSA) is 29.9 Å². The number of imidazole rings is 1. The first-order valence-electron chi connectivity index (χ1n) is 7.11. The Morgan fingerprint density at radius 3 is 2.74 bits per heavy atom. The SMILES string of the molecule is Cc1nccn1Cc1ccccc1CCNC1CC1. The zero-order valence-electron chi connectivity index (χ0n) is 11.5. The van der Waals surface area contributed by atoms with Gasteiger partial charge in [-0.25, -0.2) is 4.98 Å². The summed E-state index contributed by atoms with van der Waals surface area (Å²) in [5.74, 6) is 1.07. The third-order valence-corrected chi connectivity index (χ3v) is 3.79. The molecule has 0 radical (unpaired) electrons. The lowest BCUT2D eigenvalue weighted by molar-refractivity contribution is 0.674. The molecule has 3 heteroatoms. The fraction of sp³-hybridized carbons (Fsp3) is 0.438. The Bertz CT molecular complexity index is 540. The minimum Gasteiger partial charge on any atom is -0.331 e. The van der Waals surface area contributed by atoms with Crippen molar-refractivity contribution in [1.29, 1.82) is 0 Å². The maximum atomic E-state index is 4.29. The summed E-state index contributed by atoms with van der Waals surface area (Å²) in [6.45, 7) is 4.06. The average Bonchev–Trinajstić information content (AvgIpc) is 3.16. The van der Waals surface area contributed by atoms with Crippen molar-refractivity contribution < 1.29 is 0 Å². The number of rotatable bonds is 6. The van der Waals surface area contributed by atoms with E-state index in [1.807, 2.05) is 6.20 Å². The van der Waals surface area contributed by atoms with E-state index in [0.717, 1.165) is 31.4 Å². The van der Waals surface area contributed by atoms with Crippen LogP contribution in [0.2, 0.25) is 0 Å². The zero-order valence-corrected chi connectivity index (χ0v) is 11.5. The lowest BCUT2D eigenvalue weighted by Gasteiger charge is -2.11. The van der Waals surface area contributed by atoms with Gasteiger partial charge in [0.1, 0.15) is 5.82 Å². The van der Waals surface area contributed by atoms with Crippen molar-refractivity contribution in [3.8, 4) is 0 Å². The molecule has 1 aliphatic rings. The summed E-state index contributed by atoms with van der Waals surface area (Å²) in [7, 11) is 0. The number of nitrogens with one attached hydrogen (secondary N) is 1. The van der Waals surface area contributed by atoms with Gasteiger partial charge in [-0.2, -0.15) is 0 Å². The van der Waals surface area contributed by atoms with Crippen LogP contribution < -0.4 is 5.32 Å². The lowest BCUT2D eigenvalue weighted by Crippen LogP contribution is -2.20. The Kier molecular flexibility index (Phi) is 3.65. The minimum absolute atomic E-state index is 0.794.